The molecule has 92 valence electrons. The first-order chi connectivity index (χ1) is 7.80. The summed E-state index contributed by atoms with van der Waals surface area (Å²) in [5.74, 6) is -0.380. The molecule has 0 aliphatic rings. The molecular formula is C14H18O2S. The van der Waals surface area contributed by atoms with E-state index >= 15 is 0 Å². The predicted octanol–water partition coefficient (Wildman–Crippen LogP) is 4.11. The van der Waals surface area contributed by atoms with Gasteiger partial charge in [-0.2, -0.15) is 0 Å². The van der Waals surface area contributed by atoms with E-state index in [-0.39, 0.29) is 11.4 Å². The third-order valence-corrected chi connectivity index (χ3v) is 2.98. The lowest BCUT2D eigenvalue weighted by Crippen LogP contribution is -2.10. The van der Waals surface area contributed by atoms with Gasteiger partial charge in [0.15, 0.2) is 0 Å². The van der Waals surface area contributed by atoms with Crippen LogP contribution in [0.5, 0.6) is 0 Å². The molecule has 0 saturated carbocycles. The molecule has 1 rings (SSSR count). The second-order valence-electron chi connectivity index (χ2n) is 5.01. The summed E-state index contributed by atoms with van der Waals surface area (Å²) in [4.78, 5) is 12.1. The van der Waals surface area contributed by atoms with Crippen molar-refractivity contribution >= 4 is 18.0 Å². The molecule has 0 aromatic heterocycles. The van der Waals surface area contributed by atoms with Crippen molar-refractivity contribution in [3.05, 3.63) is 42.0 Å². The van der Waals surface area contributed by atoms with E-state index in [0.717, 1.165) is 16.9 Å². The maximum Gasteiger partial charge on any atom is 0.345 e. The van der Waals surface area contributed by atoms with Crippen LogP contribution in [0, 0.1) is 0 Å². The quantitative estimate of drug-likeness (QED) is 0.596. The number of benzene rings is 1. The Bertz CT molecular complexity index is 413. The highest BCUT2D eigenvalue weighted by molar-refractivity contribution is 7.95. The Morgan fingerprint density at radius 2 is 1.76 bits per heavy atom. The summed E-state index contributed by atoms with van der Waals surface area (Å²) in [6.07, 6.45) is 0. The van der Waals surface area contributed by atoms with Crippen LogP contribution in [0.3, 0.4) is 0 Å². The molecule has 0 atom stereocenters. The monoisotopic (exact) mass is 250 g/mol. The molecule has 0 amide bonds. The standard InChI is InChI=1S/C14H18O2S/c1-10(2)13(15)16-17-12-8-6-11(7-9-12)14(3,4)5/h6-9H,1H2,2-5H3. The highest BCUT2D eigenvalue weighted by Gasteiger charge is 2.13. The average molecular weight is 250 g/mol. The van der Waals surface area contributed by atoms with Crippen LogP contribution in [0.2, 0.25) is 0 Å². The number of carbonyl (C=O) groups excluding carboxylic acids is 1. The molecule has 0 aliphatic carbocycles. The van der Waals surface area contributed by atoms with Gasteiger partial charge < -0.3 is 4.18 Å². The third kappa shape index (κ3) is 4.27. The summed E-state index contributed by atoms with van der Waals surface area (Å²) < 4.78 is 4.99. The van der Waals surface area contributed by atoms with Gasteiger partial charge in [0.05, 0.1) is 12.0 Å². The normalized spacial score (nSPS) is 11.1. The zero-order valence-corrected chi connectivity index (χ0v) is 11.6. The van der Waals surface area contributed by atoms with Gasteiger partial charge in [0.1, 0.15) is 0 Å². The van der Waals surface area contributed by atoms with E-state index in [9.17, 15) is 4.79 Å². The Kier molecular flexibility index (Phi) is 4.40. The highest BCUT2D eigenvalue weighted by atomic mass is 32.2. The molecule has 1 aromatic carbocycles. The molecule has 0 radical (unpaired) electrons. The van der Waals surface area contributed by atoms with Gasteiger partial charge in [-0.3, -0.25) is 0 Å². The molecule has 17 heavy (non-hydrogen) atoms. The number of rotatable bonds is 3. The van der Waals surface area contributed by atoms with Crippen LogP contribution in [-0.4, -0.2) is 5.97 Å². The Morgan fingerprint density at radius 3 is 2.18 bits per heavy atom. The molecule has 0 saturated heterocycles. The highest BCUT2D eigenvalue weighted by Crippen LogP contribution is 2.26. The fraction of sp³-hybridized carbons (Fsp3) is 0.357. The molecule has 0 spiro atoms. The van der Waals surface area contributed by atoms with E-state index in [1.807, 2.05) is 12.1 Å². The first-order valence-corrected chi connectivity index (χ1v) is 6.20. The fourth-order valence-electron chi connectivity index (χ4n) is 1.17. The fourth-order valence-corrected chi connectivity index (χ4v) is 1.73. The molecule has 1 aromatic rings. The largest absolute Gasteiger partial charge is 0.383 e. The van der Waals surface area contributed by atoms with E-state index < -0.39 is 0 Å². The molecule has 0 fully saturated rings. The van der Waals surface area contributed by atoms with Crippen LogP contribution in [-0.2, 0) is 14.4 Å². The second-order valence-corrected chi connectivity index (χ2v) is 5.81. The van der Waals surface area contributed by atoms with Crippen LogP contribution >= 0.6 is 12.0 Å². The lowest BCUT2D eigenvalue weighted by molar-refractivity contribution is -0.128. The summed E-state index contributed by atoms with van der Waals surface area (Å²) >= 11 is 1.07. The van der Waals surface area contributed by atoms with Crippen LogP contribution in [0.4, 0.5) is 0 Å². The number of carbonyl (C=O) groups is 1. The van der Waals surface area contributed by atoms with Crippen molar-refractivity contribution in [2.75, 3.05) is 0 Å². The van der Waals surface area contributed by atoms with Crippen molar-refractivity contribution in [2.24, 2.45) is 0 Å². The van der Waals surface area contributed by atoms with Gasteiger partial charge in [-0.05, 0) is 30.0 Å². The second kappa shape index (κ2) is 5.41. The third-order valence-electron chi connectivity index (χ3n) is 2.28. The van der Waals surface area contributed by atoms with E-state index in [4.69, 9.17) is 4.18 Å². The number of hydrogen-bond acceptors (Lipinski definition) is 3. The van der Waals surface area contributed by atoms with Gasteiger partial charge in [-0.25, -0.2) is 4.79 Å². The van der Waals surface area contributed by atoms with Gasteiger partial charge in [0.25, 0.3) is 0 Å². The Morgan fingerprint density at radius 1 is 1.24 bits per heavy atom. The van der Waals surface area contributed by atoms with Crippen LogP contribution in [0.15, 0.2) is 41.3 Å². The first-order valence-electron chi connectivity index (χ1n) is 5.45. The smallest absolute Gasteiger partial charge is 0.345 e. The lowest BCUT2D eigenvalue weighted by Gasteiger charge is -2.18. The summed E-state index contributed by atoms with van der Waals surface area (Å²) in [6.45, 7) is 11.6. The van der Waals surface area contributed by atoms with Gasteiger partial charge >= 0.3 is 5.97 Å². The van der Waals surface area contributed by atoms with Gasteiger partial charge in [-0.15, -0.1) is 0 Å². The van der Waals surface area contributed by atoms with Crippen LogP contribution in [0.25, 0.3) is 0 Å². The minimum Gasteiger partial charge on any atom is -0.383 e. The summed E-state index contributed by atoms with van der Waals surface area (Å²) in [6, 6.07) is 8.02. The summed E-state index contributed by atoms with van der Waals surface area (Å²) in [5.41, 5.74) is 1.80. The van der Waals surface area contributed by atoms with E-state index in [0.29, 0.717) is 5.57 Å². The van der Waals surface area contributed by atoms with Crippen molar-refractivity contribution < 1.29 is 8.98 Å². The van der Waals surface area contributed by atoms with E-state index in [1.54, 1.807) is 6.92 Å². The zero-order chi connectivity index (χ0) is 13.1. The van der Waals surface area contributed by atoms with Crippen molar-refractivity contribution in [1.29, 1.82) is 0 Å². The summed E-state index contributed by atoms with van der Waals surface area (Å²) in [7, 11) is 0. The van der Waals surface area contributed by atoms with E-state index in [1.165, 1.54) is 5.56 Å². The molecule has 2 nitrogen and oxygen atoms in total. The molecule has 0 bridgehead atoms. The van der Waals surface area contributed by atoms with Gasteiger partial charge in [0.2, 0.25) is 0 Å². The Balaban J connectivity index is 2.63. The van der Waals surface area contributed by atoms with E-state index in [2.05, 4.69) is 39.5 Å². The van der Waals surface area contributed by atoms with Crippen molar-refractivity contribution in [3.63, 3.8) is 0 Å². The maximum absolute atomic E-state index is 11.2. The van der Waals surface area contributed by atoms with Gasteiger partial charge in [-0.1, -0.05) is 39.5 Å². The molecule has 0 heterocycles. The van der Waals surface area contributed by atoms with Crippen molar-refractivity contribution in [2.45, 2.75) is 38.0 Å². The van der Waals surface area contributed by atoms with Crippen LogP contribution in [0.1, 0.15) is 33.3 Å². The molecule has 0 aliphatic heterocycles. The van der Waals surface area contributed by atoms with Gasteiger partial charge in [0, 0.05) is 10.5 Å². The average Bonchev–Trinajstić information content (AvgIpc) is 2.25. The predicted molar refractivity (Wildman–Crippen MR) is 71.9 cm³/mol. The van der Waals surface area contributed by atoms with Crippen molar-refractivity contribution in [3.8, 4) is 0 Å². The maximum atomic E-state index is 11.2. The minimum atomic E-state index is -0.380. The molecule has 0 unspecified atom stereocenters. The SMILES string of the molecule is C=C(C)C(=O)OSc1ccc(C(C)(C)C)cc1. The minimum absolute atomic E-state index is 0.136. The summed E-state index contributed by atoms with van der Waals surface area (Å²) in [5, 5.41) is 0. The lowest BCUT2D eigenvalue weighted by atomic mass is 9.87. The zero-order valence-electron chi connectivity index (χ0n) is 10.7. The molecular weight excluding hydrogens is 232 g/mol. The topological polar surface area (TPSA) is 26.3 Å². The Labute approximate surface area is 107 Å². The number of hydrogen-bond donors (Lipinski definition) is 0. The molecule has 0 N–H and O–H groups in total. The van der Waals surface area contributed by atoms with Crippen molar-refractivity contribution in [1.82, 2.24) is 0 Å². The molecule has 3 heteroatoms. The Hall–Kier alpha value is -1.22. The van der Waals surface area contributed by atoms with Crippen LogP contribution < -0.4 is 0 Å². The first kappa shape index (κ1) is 13.8.